The fourth-order valence-electron chi connectivity index (χ4n) is 3.04. The zero-order chi connectivity index (χ0) is 15.5. The van der Waals surface area contributed by atoms with E-state index >= 15 is 0 Å². The highest BCUT2D eigenvalue weighted by atomic mass is 32.2. The SMILES string of the molecule is CCNCc1ccc(S(=O)(=O)N2[C@H](C)CCC[C@@H]2C)cc1. The first kappa shape index (κ1) is 16.5. The summed E-state index contributed by atoms with van der Waals surface area (Å²) in [6.45, 7) is 7.74. The van der Waals surface area contributed by atoms with Crippen molar-refractivity contribution in [2.24, 2.45) is 0 Å². The van der Waals surface area contributed by atoms with Crippen LogP contribution in [0.5, 0.6) is 0 Å². The number of sulfonamides is 1. The molecule has 0 aliphatic carbocycles. The number of hydrogen-bond donors (Lipinski definition) is 1. The van der Waals surface area contributed by atoms with Crippen LogP contribution in [0.15, 0.2) is 29.2 Å². The summed E-state index contributed by atoms with van der Waals surface area (Å²) in [7, 11) is -3.38. The van der Waals surface area contributed by atoms with E-state index in [-0.39, 0.29) is 12.1 Å². The van der Waals surface area contributed by atoms with E-state index in [2.05, 4.69) is 12.2 Å². The Kier molecular flexibility index (Phi) is 5.41. The molecule has 2 atom stereocenters. The molecule has 0 radical (unpaired) electrons. The van der Waals surface area contributed by atoms with Crippen LogP contribution in [-0.2, 0) is 16.6 Å². The molecule has 0 unspecified atom stereocenters. The molecule has 118 valence electrons. The van der Waals surface area contributed by atoms with Gasteiger partial charge in [-0.15, -0.1) is 0 Å². The van der Waals surface area contributed by atoms with Gasteiger partial charge in [-0.1, -0.05) is 25.5 Å². The van der Waals surface area contributed by atoms with Crippen molar-refractivity contribution in [2.75, 3.05) is 6.54 Å². The molecule has 1 N–H and O–H groups in total. The van der Waals surface area contributed by atoms with Crippen LogP contribution in [-0.4, -0.2) is 31.4 Å². The molecular formula is C16H26N2O2S. The largest absolute Gasteiger partial charge is 0.313 e. The summed E-state index contributed by atoms with van der Waals surface area (Å²) in [5, 5.41) is 3.24. The predicted molar refractivity (Wildman–Crippen MR) is 85.6 cm³/mol. The fourth-order valence-corrected chi connectivity index (χ4v) is 4.92. The van der Waals surface area contributed by atoms with Crippen LogP contribution in [0, 0.1) is 0 Å². The summed E-state index contributed by atoms with van der Waals surface area (Å²) < 4.78 is 27.4. The van der Waals surface area contributed by atoms with E-state index in [9.17, 15) is 8.42 Å². The van der Waals surface area contributed by atoms with Gasteiger partial charge in [0, 0.05) is 18.6 Å². The van der Waals surface area contributed by atoms with Gasteiger partial charge in [0.05, 0.1) is 4.90 Å². The van der Waals surface area contributed by atoms with Crippen molar-refractivity contribution >= 4 is 10.0 Å². The van der Waals surface area contributed by atoms with Crippen LogP contribution in [0.4, 0.5) is 0 Å². The van der Waals surface area contributed by atoms with Gasteiger partial charge in [-0.05, 0) is 50.9 Å². The first-order valence-electron chi connectivity index (χ1n) is 7.80. The van der Waals surface area contributed by atoms with E-state index in [1.807, 2.05) is 26.0 Å². The van der Waals surface area contributed by atoms with E-state index in [4.69, 9.17) is 0 Å². The number of nitrogens with one attached hydrogen (secondary N) is 1. The normalized spacial score (nSPS) is 24.1. The lowest BCUT2D eigenvalue weighted by Crippen LogP contribution is -2.47. The average molecular weight is 310 g/mol. The molecule has 0 aromatic heterocycles. The maximum Gasteiger partial charge on any atom is 0.243 e. The molecule has 5 heteroatoms. The first-order chi connectivity index (χ1) is 9.96. The first-order valence-corrected chi connectivity index (χ1v) is 9.24. The Morgan fingerprint density at radius 1 is 1.14 bits per heavy atom. The number of hydrogen-bond acceptors (Lipinski definition) is 3. The molecule has 0 spiro atoms. The summed E-state index contributed by atoms with van der Waals surface area (Å²) in [6, 6.07) is 7.43. The van der Waals surface area contributed by atoms with Crippen molar-refractivity contribution in [3.05, 3.63) is 29.8 Å². The fraction of sp³-hybridized carbons (Fsp3) is 0.625. The van der Waals surface area contributed by atoms with Crippen molar-refractivity contribution in [3.63, 3.8) is 0 Å². The Labute approximate surface area is 128 Å². The Morgan fingerprint density at radius 3 is 2.24 bits per heavy atom. The van der Waals surface area contributed by atoms with Crippen LogP contribution in [0.2, 0.25) is 0 Å². The number of benzene rings is 1. The predicted octanol–water partition coefficient (Wildman–Crippen LogP) is 2.75. The molecule has 1 heterocycles. The molecule has 1 aromatic carbocycles. The Balaban J connectivity index is 2.22. The van der Waals surface area contributed by atoms with E-state index in [0.717, 1.165) is 37.9 Å². The highest BCUT2D eigenvalue weighted by molar-refractivity contribution is 7.89. The topological polar surface area (TPSA) is 49.4 Å². The van der Waals surface area contributed by atoms with E-state index in [1.54, 1.807) is 16.4 Å². The highest BCUT2D eigenvalue weighted by Gasteiger charge is 2.35. The lowest BCUT2D eigenvalue weighted by molar-refractivity contribution is 0.204. The minimum atomic E-state index is -3.38. The van der Waals surface area contributed by atoms with Crippen LogP contribution in [0.3, 0.4) is 0 Å². The van der Waals surface area contributed by atoms with Gasteiger partial charge in [-0.3, -0.25) is 0 Å². The second-order valence-corrected chi connectivity index (χ2v) is 7.73. The molecule has 1 aliphatic heterocycles. The van der Waals surface area contributed by atoms with Gasteiger partial charge in [-0.2, -0.15) is 4.31 Å². The summed E-state index contributed by atoms with van der Waals surface area (Å²) in [6.07, 6.45) is 3.00. The summed E-state index contributed by atoms with van der Waals surface area (Å²) >= 11 is 0. The number of rotatable bonds is 5. The Bertz CT molecular complexity index is 544. The second kappa shape index (κ2) is 6.90. The highest BCUT2D eigenvalue weighted by Crippen LogP contribution is 2.29. The van der Waals surface area contributed by atoms with Crippen molar-refractivity contribution in [1.82, 2.24) is 9.62 Å². The van der Waals surface area contributed by atoms with Gasteiger partial charge in [0.25, 0.3) is 0 Å². The van der Waals surface area contributed by atoms with Crippen LogP contribution in [0.25, 0.3) is 0 Å². The summed E-state index contributed by atoms with van der Waals surface area (Å²) in [5.41, 5.74) is 1.11. The van der Waals surface area contributed by atoms with E-state index in [1.165, 1.54) is 0 Å². The van der Waals surface area contributed by atoms with Crippen molar-refractivity contribution in [2.45, 2.75) is 63.6 Å². The Morgan fingerprint density at radius 2 is 1.71 bits per heavy atom. The van der Waals surface area contributed by atoms with Crippen LogP contribution >= 0.6 is 0 Å². The molecule has 21 heavy (non-hydrogen) atoms. The lowest BCUT2D eigenvalue weighted by Gasteiger charge is -2.37. The molecule has 1 fully saturated rings. The second-order valence-electron chi connectivity index (χ2n) is 5.89. The van der Waals surface area contributed by atoms with Gasteiger partial charge in [0.2, 0.25) is 10.0 Å². The lowest BCUT2D eigenvalue weighted by atomic mass is 10.0. The molecule has 2 rings (SSSR count). The third-order valence-electron chi connectivity index (χ3n) is 4.19. The zero-order valence-corrected chi connectivity index (χ0v) is 14.0. The van der Waals surface area contributed by atoms with E-state index in [0.29, 0.717) is 4.90 Å². The molecule has 1 aromatic rings. The zero-order valence-electron chi connectivity index (χ0n) is 13.2. The molecule has 4 nitrogen and oxygen atoms in total. The van der Waals surface area contributed by atoms with Crippen molar-refractivity contribution in [1.29, 1.82) is 0 Å². The smallest absolute Gasteiger partial charge is 0.243 e. The number of piperidine rings is 1. The molecule has 0 bridgehead atoms. The molecular weight excluding hydrogens is 284 g/mol. The van der Waals surface area contributed by atoms with E-state index < -0.39 is 10.0 Å². The third-order valence-corrected chi connectivity index (χ3v) is 6.33. The monoisotopic (exact) mass is 310 g/mol. The van der Waals surface area contributed by atoms with Gasteiger partial charge in [-0.25, -0.2) is 8.42 Å². The quantitative estimate of drug-likeness (QED) is 0.910. The maximum absolute atomic E-state index is 12.8. The number of nitrogens with zero attached hydrogens (tertiary/aromatic N) is 1. The van der Waals surface area contributed by atoms with Gasteiger partial charge < -0.3 is 5.32 Å². The van der Waals surface area contributed by atoms with Gasteiger partial charge in [0.1, 0.15) is 0 Å². The van der Waals surface area contributed by atoms with Crippen LogP contribution < -0.4 is 5.32 Å². The van der Waals surface area contributed by atoms with Crippen molar-refractivity contribution in [3.8, 4) is 0 Å². The molecule has 1 aliphatic rings. The van der Waals surface area contributed by atoms with Gasteiger partial charge >= 0.3 is 0 Å². The standard InChI is InChI=1S/C16H26N2O2S/c1-4-17-12-15-8-10-16(11-9-15)21(19,20)18-13(2)6-5-7-14(18)3/h8-11,13-14,17H,4-7,12H2,1-3H3/t13-,14+. The summed E-state index contributed by atoms with van der Waals surface area (Å²) in [5.74, 6) is 0. The summed E-state index contributed by atoms with van der Waals surface area (Å²) in [4.78, 5) is 0.406. The Hall–Kier alpha value is -0.910. The van der Waals surface area contributed by atoms with Gasteiger partial charge in [0.15, 0.2) is 0 Å². The molecule has 0 saturated carbocycles. The minimum absolute atomic E-state index is 0.0835. The molecule has 0 amide bonds. The minimum Gasteiger partial charge on any atom is -0.313 e. The van der Waals surface area contributed by atoms with Crippen LogP contribution in [0.1, 0.15) is 45.6 Å². The maximum atomic E-state index is 12.8. The average Bonchev–Trinajstić information content (AvgIpc) is 2.45. The van der Waals surface area contributed by atoms with Crippen molar-refractivity contribution < 1.29 is 8.42 Å². The molecule has 1 saturated heterocycles. The third kappa shape index (κ3) is 3.65.